The number of ether oxygens (including phenoxy) is 4. The predicted octanol–water partition coefficient (Wildman–Crippen LogP) is 3.58. The highest BCUT2D eigenvalue weighted by Gasteiger charge is 2.34. The number of thiazole rings is 1. The first-order valence-corrected chi connectivity index (χ1v) is 12.4. The largest absolute Gasteiger partial charge is 0.497 e. The van der Waals surface area contributed by atoms with E-state index in [1.54, 1.807) is 58.2 Å². The van der Waals surface area contributed by atoms with Crippen molar-refractivity contribution in [3.63, 3.8) is 0 Å². The molecule has 3 heterocycles. The quantitative estimate of drug-likeness (QED) is 0.472. The highest BCUT2D eigenvalue weighted by atomic mass is 35.5. The van der Waals surface area contributed by atoms with E-state index in [-0.39, 0.29) is 18.5 Å². The van der Waals surface area contributed by atoms with Crippen molar-refractivity contribution in [2.24, 2.45) is 4.99 Å². The lowest BCUT2D eigenvalue weighted by molar-refractivity contribution is -0.143. The second-order valence-electron chi connectivity index (χ2n) is 8.54. The number of esters is 1. The SMILES string of the molecule is COc1ccc([C@H]2C(C(=O)OC(C)C)=C(C)N=c3s/c(=C/c4cc5c(cc4Cl)OCO5)c(=O)n32)cc1. The molecule has 2 aromatic carbocycles. The molecule has 5 rings (SSSR count). The average molecular weight is 527 g/mol. The monoisotopic (exact) mass is 526 g/mol. The number of rotatable bonds is 5. The number of fused-ring (bicyclic) bond motifs is 2. The Labute approximate surface area is 215 Å². The van der Waals surface area contributed by atoms with Gasteiger partial charge >= 0.3 is 5.97 Å². The number of hydrogen-bond acceptors (Lipinski definition) is 8. The maximum absolute atomic E-state index is 13.8. The van der Waals surface area contributed by atoms with E-state index in [0.29, 0.717) is 48.4 Å². The Hall–Kier alpha value is -3.56. The molecule has 36 heavy (non-hydrogen) atoms. The van der Waals surface area contributed by atoms with Crippen LogP contribution in [0.2, 0.25) is 5.02 Å². The summed E-state index contributed by atoms with van der Waals surface area (Å²) in [4.78, 5) is 32.0. The van der Waals surface area contributed by atoms with Crippen molar-refractivity contribution in [3.05, 3.63) is 83.5 Å². The van der Waals surface area contributed by atoms with E-state index < -0.39 is 12.0 Å². The summed E-state index contributed by atoms with van der Waals surface area (Å²) >= 11 is 7.67. The smallest absolute Gasteiger partial charge is 0.338 e. The van der Waals surface area contributed by atoms with Gasteiger partial charge < -0.3 is 18.9 Å². The topological polar surface area (TPSA) is 88.4 Å². The summed E-state index contributed by atoms with van der Waals surface area (Å²) in [5.41, 5.74) is 1.86. The highest BCUT2D eigenvalue weighted by Crippen LogP contribution is 2.37. The molecule has 0 bridgehead atoms. The van der Waals surface area contributed by atoms with E-state index in [9.17, 15) is 9.59 Å². The molecule has 0 aliphatic carbocycles. The maximum atomic E-state index is 13.8. The van der Waals surface area contributed by atoms with Crippen LogP contribution in [0, 0.1) is 0 Å². The third-order valence-electron chi connectivity index (χ3n) is 5.79. The van der Waals surface area contributed by atoms with E-state index in [4.69, 9.17) is 30.5 Å². The Morgan fingerprint density at radius 2 is 1.92 bits per heavy atom. The Morgan fingerprint density at radius 3 is 2.58 bits per heavy atom. The van der Waals surface area contributed by atoms with E-state index in [1.165, 1.54) is 15.9 Å². The van der Waals surface area contributed by atoms with Gasteiger partial charge in [-0.2, -0.15) is 0 Å². The van der Waals surface area contributed by atoms with E-state index in [0.717, 1.165) is 5.56 Å². The molecular formula is C26H23ClN2O6S. The Kier molecular flexibility index (Phi) is 6.36. The summed E-state index contributed by atoms with van der Waals surface area (Å²) in [5, 5.41) is 0.425. The molecule has 3 aromatic rings. The summed E-state index contributed by atoms with van der Waals surface area (Å²) < 4.78 is 23.6. The standard InChI is InChI=1S/C26H23ClN2O6S/c1-13(2)35-25(31)22-14(3)28-26-29(23(22)15-5-7-17(32-4)8-6-15)24(30)21(36-26)10-16-9-19-20(11-18(16)27)34-12-33-19/h5-11,13,23H,12H2,1-4H3/b21-10+/t23-/m0/s1. The number of carbonyl (C=O) groups is 1. The number of nitrogens with zero attached hydrogens (tertiary/aromatic N) is 2. The molecule has 2 aliphatic rings. The number of benzene rings is 2. The number of aromatic nitrogens is 1. The van der Waals surface area contributed by atoms with Crippen LogP contribution in [0.15, 0.2) is 57.5 Å². The van der Waals surface area contributed by atoms with Gasteiger partial charge in [0, 0.05) is 6.07 Å². The number of hydrogen-bond donors (Lipinski definition) is 0. The molecule has 2 aliphatic heterocycles. The van der Waals surface area contributed by atoms with Crippen LogP contribution in [0.1, 0.15) is 37.9 Å². The van der Waals surface area contributed by atoms with Crippen LogP contribution in [-0.2, 0) is 9.53 Å². The summed E-state index contributed by atoms with van der Waals surface area (Å²) in [6.45, 7) is 5.42. The van der Waals surface area contributed by atoms with Crippen molar-refractivity contribution in [2.75, 3.05) is 13.9 Å². The van der Waals surface area contributed by atoms with Gasteiger partial charge in [0.05, 0.1) is 40.1 Å². The third kappa shape index (κ3) is 4.29. The van der Waals surface area contributed by atoms with Gasteiger partial charge in [0.2, 0.25) is 6.79 Å². The van der Waals surface area contributed by atoms with Crippen molar-refractivity contribution >= 4 is 35.0 Å². The lowest BCUT2D eigenvalue weighted by Gasteiger charge is -2.25. The zero-order chi connectivity index (χ0) is 25.6. The highest BCUT2D eigenvalue weighted by molar-refractivity contribution is 7.07. The fraction of sp³-hybridized carbons (Fsp3) is 0.269. The van der Waals surface area contributed by atoms with Crippen LogP contribution in [0.3, 0.4) is 0 Å². The first-order chi connectivity index (χ1) is 17.3. The predicted molar refractivity (Wildman–Crippen MR) is 136 cm³/mol. The molecular weight excluding hydrogens is 504 g/mol. The summed E-state index contributed by atoms with van der Waals surface area (Å²) in [6, 6.07) is 9.93. The fourth-order valence-corrected chi connectivity index (χ4v) is 5.39. The van der Waals surface area contributed by atoms with E-state index >= 15 is 0 Å². The lowest BCUT2D eigenvalue weighted by atomic mass is 9.96. The third-order valence-corrected chi connectivity index (χ3v) is 7.10. The average Bonchev–Trinajstić information content (AvgIpc) is 3.41. The molecule has 8 nitrogen and oxygen atoms in total. The number of carbonyl (C=O) groups excluding carboxylic acids is 1. The Balaban J connectivity index is 1.69. The fourth-order valence-electron chi connectivity index (χ4n) is 4.15. The summed E-state index contributed by atoms with van der Waals surface area (Å²) in [6.07, 6.45) is 1.37. The van der Waals surface area contributed by atoms with Crippen molar-refractivity contribution in [1.82, 2.24) is 4.57 Å². The van der Waals surface area contributed by atoms with Crippen molar-refractivity contribution < 1.29 is 23.7 Å². The molecule has 186 valence electrons. The number of methoxy groups -OCH3 is 1. The van der Waals surface area contributed by atoms with Gasteiger partial charge in [-0.15, -0.1) is 0 Å². The van der Waals surface area contributed by atoms with E-state index in [1.807, 2.05) is 12.1 Å². The van der Waals surface area contributed by atoms with Crippen LogP contribution < -0.4 is 29.1 Å². The molecule has 0 radical (unpaired) electrons. The van der Waals surface area contributed by atoms with Crippen LogP contribution >= 0.6 is 22.9 Å². The molecule has 0 saturated carbocycles. The zero-order valence-electron chi connectivity index (χ0n) is 20.0. The summed E-state index contributed by atoms with van der Waals surface area (Å²) in [5.74, 6) is 1.27. The van der Waals surface area contributed by atoms with Crippen LogP contribution in [-0.4, -0.2) is 30.5 Å². The summed E-state index contributed by atoms with van der Waals surface area (Å²) in [7, 11) is 1.58. The molecule has 10 heteroatoms. The minimum absolute atomic E-state index is 0.119. The molecule has 0 fully saturated rings. The van der Waals surface area contributed by atoms with E-state index in [2.05, 4.69) is 4.99 Å². The number of allylic oxidation sites excluding steroid dienone is 1. The maximum Gasteiger partial charge on any atom is 0.338 e. The van der Waals surface area contributed by atoms with Gasteiger partial charge in [0.1, 0.15) is 5.75 Å². The molecule has 0 N–H and O–H groups in total. The zero-order valence-corrected chi connectivity index (χ0v) is 21.6. The Morgan fingerprint density at radius 1 is 1.22 bits per heavy atom. The Bertz CT molecular complexity index is 1570. The van der Waals surface area contributed by atoms with Crippen LogP contribution in [0.4, 0.5) is 0 Å². The minimum atomic E-state index is -0.715. The first kappa shape index (κ1) is 24.1. The second-order valence-corrected chi connectivity index (χ2v) is 9.95. The second kappa shape index (κ2) is 9.48. The van der Waals surface area contributed by atoms with Gasteiger partial charge in [0.15, 0.2) is 16.3 Å². The van der Waals surface area contributed by atoms with Gasteiger partial charge in [-0.1, -0.05) is 35.1 Å². The first-order valence-electron chi connectivity index (χ1n) is 11.2. The normalized spacial score (nSPS) is 16.7. The minimum Gasteiger partial charge on any atom is -0.497 e. The van der Waals surface area contributed by atoms with Gasteiger partial charge in [0.25, 0.3) is 5.56 Å². The van der Waals surface area contributed by atoms with Gasteiger partial charge in [-0.3, -0.25) is 9.36 Å². The van der Waals surface area contributed by atoms with Crippen molar-refractivity contribution in [1.29, 1.82) is 0 Å². The van der Waals surface area contributed by atoms with Gasteiger partial charge in [-0.25, -0.2) is 9.79 Å². The molecule has 0 amide bonds. The lowest BCUT2D eigenvalue weighted by Crippen LogP contribution is -2.40. The molecule has 0 saturated heterocycles. The number of halogens is 1. The van der Waals surface area contributed by atoms with Crippen molar-refractivity contribution in [2.45, 2.75) is 32.9 Å². The molecule has 1 aromatic heterocycles. The molecule has 0 spiro atoms. The van der Waals surface area contributed by atoms with Gasteiger partial charge in [-0.05, 0) is 56.2 Å². The van der Waals surface area contributed by atoms with Crippen LogP contribution in [0.5, 0.6) is 17.2 Å². The molecule has 0 unspecified atom stereocenters. The van der Waals surface area contributed by atoms with Crippen LogP contribution in [0.25, 0.3) is 6.08 Å². The molecule has 1 atom stereocenters. The van der Waals surface area contributed by atoms with Crippen molar-refractivity contribution in [3.8, 4) is 17.2 Å².